The molecule has 3 nitrogen and oxygen atoms in total. The molecular formula is C13H14FN3. The van der Waals surface area contributed by atoms with Crippen molar-refractivity contribution in [3.05, 3.63) is 65.2 Å². The Labute approximate surface area is 99.5 Å². The minimum absolute atomic E-state index is 0.279. The third kappa shape index (κ3) is 2.33. The van der Waals surface area contributed by atoms with Crippen LogP contribution in [-0.4, -0.2) is 4.98 Å². The molecule has 0 aliphatic rings. The lowest BCUT2D eigenvalue weighted by Crippen LogP contribution is -2.30. The zero-order chi connectivity index (χ0) is 12.3. The van der Waals surface area contributed by atoms with Crippen LogP contribution in [0.4, 0.5) is 4.39 Å². The van der Waals surface area contributed by atoms with Gasteiger partial charge in [-0.3, -0.25) is 10.8 Å². The van der Waals surface area contributed by atoms with Crippen molar-refractivity contribution in [2.45, 2.75) is 13.0 Å². The minimum Gasteiger partial charge on any atom is -0.271 e. The van der Waals surface area contributed by atoms with Crippen molar-refractivity contribution in [1.29, 1.82) is 0 Å². The Morgan fingerprint density at radius 1 is 1.18 bits per heavy atom. The van der Waals surface area contributed by atoms with E-state index in [1.165, 1.54) is 6.07 Å². The SMILES string of the molecule is Cc1ncccc1C(NN)c1ccccc1F. The zero-order valence-corrected chi connectivity index (χ0v) is 9.52. The molecule has 0 spiro atoms. The van der Waals surface area contributed by atoms with E-state index < -0.39 is 0 Å². The molecule has 1 aromatic heterocycles. The number of nitrogens with zero attached hydrogens (tertiary/aromatic N) is 1. The van der Waals surface area contributed by atoms with Crippen molar-refractivity contribution in [3.63, 3.8) is 0 Å². The van der Waals surface area contributed by atoms with Gasteiger partial charge < -0.3 is 0 Å². The van der Waals surface area contributed by atoms with Gasteiger partial charge in [0.1, 0.15) is 5.82 Å². The van der Waals surface area contributed by atoms with Gasteiger partial charge in [0.05, 0.1) is 6.04 Å². The Morgan fingerprint density at radius 3 is 2.53 bits per heavy atom. The van der Waals surface area contributed by atoms with E-state index >= 15 is 0 Å². The summed E-state index contributed by atoms with van der Waals surface area (Å²) in [5.41, 5.74) is 4.86. The number of pyridine rings is 1. The summed E-state index contributed by atoms with van der Waals surface area (Å²) < 4.78 is 13.7. The van der Waals surface area contributed by atoms with Crippen molar-refractivity contribution in [2.75, 3.05) is 0 Å². The molecule has 1 aromatic carbocycles. The quantitative estimate of drug-likeness (QED) is 0.628. The number of halogens is 1. The fourth-order valence-electron chi connectivity index (χ4n) is 1.86. The summed E-state index contributed by atoms with van der Waals surface area (Å²) >= 11 is 0. The molecule has 0 aliphatic carbocycles. The Balaban J connectivity index is 2.48. The summed E-state index contributed by atoms with van der Waals surface area (Å²) in [5.74, 6) is 5.25. The number of benzene rings is 1. The molecule has 0 saturated heterocycles. The monoisotopic (exact) mass is 231 g/mol. The van der Waals surface area contributed by atoms with Crippen LogP contribution in [-0.2, 0) is 0 Å². The van der Waals surface area contributed by atoms with Gasteiger partial charge in [-0.2, -0.15) is 0 Å². The molecule has 88 valence electrons. The van der Waals surface area contributed by atoms with Crippen molar-refractivity contribution in [1.82, 2.24) is 10.4 Å². The second-order valence-corrected chi connectivity index (χ2v) is 3.80. The highest BCUT2D eigenvalue weighted by Crippen LogP contribution is 2.24. The van der Waals surface area contributed by atoms with E-state index in [1.54, 1.807) is 24.4 Å². The van der Waals surface area contributed by atoms with Gasteiger partial charge in [-0.05, 0) is 24.6 Å². The van der Waals surface area contributed by atoms with Crippen LogP contribution in [0.15, 0.2) is 42.6 Å². The van der Waals surface area contributed by atoms with Crippen molar-refractivity contribution >= 4 is 0 Å². The van der Waals surface area contributed by atoms with Gasteiger partial charge >= 0.3 is 0 Å². The molecule has 17 heavy (non-hydrogen) atoms. The third-order valence-corrected chi connectivity index (χ3v) is 2.74. The molecule has 4 heteroatoms. The molecule has 1 unspecified atom stereocenters. The number of hydrogen-bond donors (Lipinski definition) is 2. The molecule has 0 fully saturated rings. The minimum atomic E-state index is -0.384. The smallest absolute Gasteiger partial charge is 0.128 e. The Hall–Kier alpha value is -1.78. The average molecular weight is 231 g/mol. The summed E-state index contributed by atoms with van der Waals surface area (Å²) in [7, 11) is 0. The highest BCUT2D eigenvalue weighted by molar-refractivity contribution is 5.34. The van der Waals surface area contributed by atoms with E-state index in [4.69, 9.17) is 5.84 Å². The maximum Gasteiger partial charge on any atom is 0.128 e. The molecule has 3 N–H and O–H groups in total. The van der Waals surface area contributed by atoms with Gasteiger partial charge in [-0.25, -0.2) is 9.82 Å². The first-order valence-corrected chi connectivity index (χ1v) is 5.36. The molecule has 2 aromatic rings. The van der Waals surface area contributed by atoms with Crippen molar-refractivity contribution in [3.8, 4) is 0 Å². The second kappa shape index (κ2) is 5.03. The van der Waals surface area contributed by atoms with E-state index in [1.807, 2.05) is 19.1 Å². The number of rotatable bonds is 3. The third-order valence-electron chi connectivity index (χ3n) is 2.74. The van der Waals surface area contributed by atoms with Gasteiger partial charge in [0, 0.05) is 17.5 Å². The van der Waals surface area contributed by atoms with Crippen LogP contribution in [0.3, 0.4) is 0 Å². The average Bonchev–Trinajstić information content (AvgIpc) is 2.34. The Morgan fingerprint density at radius 2 is 1.88 bits per heavy atom. The summed E-state index contributed by atoms with van der Waals surface area (Å²) in [6, 6.07) is 9.89. The topological polar surface area (TPSA) is 50.9 Å². The van der Waals surface area contributed by atoms with Gasteiger partial charge in [-0.15, -0.1) is 0 Å². The maximum atomic E-state index is 13.7. The van der Waals surface area contributed by atoms with E-state index in [-0.39, 0.29) is 11.9 Å². The van der Waals surface area contributed by atoms with Crippen LogP contribution in [0.2, 0.25) is 0 Å². The molecule has 2 rings (SSSR count). The predicted octanol–water partition coefficient (Wildman–Crippen LogP) is 2.08. The maximum absolute atomic E-state index is 13.7. The van der Waals surface area contributed by atoms with Crippen LogP contribution in [0.5, 0.6) is 0 Å². The Kier molecular flexibility index (Phi) is 3.46. The lowest BCUT2D eigenvalue weighted by Gasteiger charge is -2.18. The predicted molar refractivity (Wildman–Crippen MR) is 64.5 cm³/mol. The summed E-state index contributed by atoms with van der Waals surface area (Å²) in [5, 5.41) is 0. The zero-order valence-electron chi connectivity index (χ0n) is 9.52. The van der Waals surface area contributed by atoms with E-state index in [0.717, 1.165) is 11.3 Å². The van der Waals surface area contributed by atoms with Crippen molar-refractivity contribution in [2.24, 2.45) is 5.84 Å². The summed E-state index contributed by atoms with van der Waals surface area (Å²) in [6.45, 7) is 1.88. The highest BCUT2D eigenvalue weighted by Gasteiger charge is 2.17. The number of nitrogens with one attached hydrogen (secondary N) is 1. The second-order valence-electron chi connectivity index (χ2n) is 3.80. The Bertz CT molecular complexity index is 468. The number of hydrogen-bond acceptors (Lipinski definition) is 3. The number of nitrogens with two attached hydrogens (primary N) is 1. The van der Waals surface area contributed by atoms with Crippen molar-refractivity contribution < 1.29 is 4.39 Å². The first kappa shape index (κ1) is 11.7. The molecule has 0 aliphatic heterocycles. The van der Waals surface area contributed by atoms with Crippen LogP contribution < -0.4 is 11.3 Å². The van der Waals surface area contributed by atoms with Crippen LogP contribution >= 0.6 is 0 Å². The normalized spacial score (nSPS) is 12.4. The molecule has 0 amide bonds. The van der Waals surface area contributed by atoms with Gasteiger partial charge in [0.25, 0.3) is 0 Å². The van der Waals surface area contributed by atoms with E-state index in [2.05, 4.69) is 10.4 Å². The van der Waals surface area contributed by atoms with Crippen LogP contribution in [0.25, 0.3) is 0 Å². The first-order chi connectivity index (χ1) is 8.24. The van der Waals surface area contributed by atoms with E-state index in [0.29, 0.717) is 5.56 Å². The molecule has 0 saturated carbocycles. The first-order valence-electron chi connectivity index (χ1n) is 5.36. The van der Waals surface area contributed by atoms with Gasteiger partial charge in [0.2, 0.25) is 0 Å². The molecule has 0 radical (unpaired) electrons. The van der Waals surface area contributed by atoms with Crippen LogP contribution in [0, 0.1) is 12.7 Å². The fraction of sp³-hybridized carbons (Fsp3) is 0.154. The summed E-state index contributed by atoms with van der Waals surface area (Å²) in [4.78, 5) is 4.19. The van der Waals surface area contributed by atoms with Gasteiger partial charge in [0.15, 0.2) is 0 Å². The number of aryl methyl sites for hydroxylation is 1. The molecule has 0 bridgehead atoms. The lowest BCUT2D eigenvalue weighted by molar-refractivity contribution is 0.558. The van der Waals surface area contributed by atoms with E-state index in [9.17, 15) is 4.39 Å². The largest absolute Gasteiger partial charge is 0.271 e. The lowest BCUT2D eigenvalue weighted by atomic mass is 9.98. The fourth-order valence-corrected chi connectivity index (χ4v) is 1.86. The number of hydrazine groups is 1. The standard InChI is InChI=1S/C13H14FN3/c1-9-10(6-4-8-16-9)13(17-15)11-5-2-3-7-12(11)14/h2-8,13,17H,15H2,1H3. The molecular weight excluding hydrogens is 217 g/mol. The molecule has 1 heterocycles. The highest BCUT2D eigenvalue weighted by atomic mass is 19.1. The molecule has 1 atom stereocenters. The number of aromatic nitrogens is 1. The van der Waals surface area contributed by atoms with Gasteiger partial charge in [-0.1, -0.05) is 24.3 Å². The van der Waals surface area contributed by atoms with Crippen LogP contribution in [0.1, 0.15) is 22.9 Å². The summed E-state index contributed by atoms with van der Waals surface area (Å²) in [6.07, 6.45) is 1.70.